The monoisotopic (exact) mass is 267 g/mol. The van der Waals surface area contributed by atoms with E-state index in [-0.39, 0.29) is 11.8 Å². The second-order valence-corrected chi connectivity index (χ2v) is 5.06. The molecule has 1 saturated heterocycles. The zero-order valence-electron chi connectivity index (χ0n) is 10.6. The van der Waals surface area contributed by atoms with E-state index in [2.05, 4.69) is 4.90 Å². The minimum atomic E-state index is 0.116. The molecule has 0 aromatic heterocycles. The molecule has 1 heterocycles. The number of morpholine rings is 1. The Morgan fingerprint density at radius 1 is 1.44 bits per heavy atom. The second-order valence-electron chi connectivity index (χ2n) is 4.63. The van der Waals surface area contributed by atoms with Gasteiger partial charge in [0.25, 0.3) is 0 Å². The Kier molecular flexibility index (Phi) is 4.75. The maximum absolute atomic E-state index is 11.5. The number of hydrogen-bond donors (Lipinski definition) is 0. The topological polar surface area (TPSA) is 29.5 Å². The molecule has 98 valence electrons. The molecule has 0 N–H and O–H groups in total. The lowest BCUT2D eigenvalue weighted by Gasteiger charge is -2.34. The van der Waals surface area contributed by atoms with Crippen LogP contribution in [0.15, 0.2) is 24.3 Å². The average Bonchev–Trinajstić information content (AvgIpc) is 2.37. The maximum Gasteiger partial charge on any atom is 0.131 e. The lowest BCUT2D eigenvalue weighted by molar-refractivity contribution is -0.118. The third kappa shape index (κ3) is 3.55. The van der Waals surface area contributed by atoms with Crippen LogP contribution in [-0.4, -0.2) is 37.0 Å². The highest BCUT2D eigenvalue weighted by Crippen LogP contribution is 2.27. The number of rotatable bonds is 4. The molecule has 0 saturated carbocycles. The van der Waals surface area contributed by atoms with Gasteiger partial charge in [0.05, 0.1) is 13.2 Å². The van der Waals surface area contributed by atoms with Gasteiger partial charge in [0.2, 0.25) is 0 Å². The molecular formula is C14H18ClNO2. The van der Waals surface area contributed by atoms with Gasteiger partial charge in [0.1, 0.15) is 5.78 Å². The van der Waals surface area contributed by atoms with E-state index in [1.165, 1.54) is 0 Å². The van der Waals surface area contributed by atoms with Gasteiger partial charge in [-0.3, -0.25) is 9.69 Å². The third-order valence-corrected chi connectivity index (χ3v) is 3.44. The Morgan fingerprint density at radius 2 is 2.17 bits per heavy atom. The fourth-order valence-electron chi connectivity index (χ4n) is 2.33. The second kappa shape index (κ2) is 6.32. The predicted molar refractivity (Wildman–Crippen MR) is 71.9 cm³/mol. The van der Waals surface area contributed by atoms with Crippen LogP contribution in [-0.2, 0) is 9.53 Å². The van der Waals surface area contributed by atoms with E-state index in [0.29, 0.717) is 11.4 Å². The summed E-state index contributed by atoms with van der Waals surface area (Å²) in [4.78, 5) is 13.8. The molecule has 1 aromatic carbocycles. The quantitative estimate of drug-likeness (QED) is 0.840. The van der Waals surface area contributed by atoms with E-state index in [1.807, 2.05) is 24.3 Å². The minimum Gasteiger partial charge on any atom is -0.379 e. The van der Waals surface area contributed by atoms with Crippen LogP contribution in [0.1, 0.15) is 24.9 Å². The molecule has 0 radical (unpaired) electrons. The summed E-state index contributed by atoms with van der Waals surface area (Å²) in [5.74, 6) is 0.200. The van der Waals surface area contributed by atoms with Crippen molar-refractivity contribution >= 4 is 17.4 Å². The predicted octanol–water partition coefficient (Wildman–Crippen LogP) is 2.69. The summed E-state index contributed by atoms with van der Waals surface area (Å²) in [6, 6.07) is 7.89. The first kappa shape index (κ1) is 13.5. The van der Waals surface area contributed by atoms with Crippen molar-refractivity contribution in [1.29, 1.82) is 0 Å². The molecule has 0 spiro atoms. The molecule has 18 heavy (non-hydrogen) atoms. The molecule has 3 nitrogen and oxygen atoms in total. The molecule has 2 rings (SSSR count). The summed E-state index contributed by atoms with van der Waals surface area (Å²) in [5, 5.41) is 0.717. The first-order valence-corrected chi connectivity index (χ1v) is 6.61. The fourth-order valence-corrected chi connectivity index (χ4v) is 2.53. The standard InChI is InChI=1S/C14H18ClNO2/c1-11(17)9-14(16-5-7-18-8-6-16)12-3-2-4-13(15)10-12/h2-4,10,14H,5-9H2,1H3. The molecule has 1 unspecified atom stereocenters. The Morgan fingerprint density at radius 3 is 2.78 bits per heavy atom. The average molecular weight is 268 g/mol. The lowest BCUT2D eigenvalue weighted by atomic mass is 9.99. The first-order valence-electron chi connectivity index (χ1n) is 6.23. The number of hydrogen-bond acceptors (Lipinski definition) is 3. The third-order valence-electron chi connectivity index (χ3n) is 3.20. The normalized spacial score (nSPS) is 18.6. The van der Waals surface area contributed by atoms with E-state index in [9.17, 15) is 4.79 Å². The summed E-state index contributed by atoms with van der Waals surface area (Å²) < 4.78 is 5.36. The number of halogens is 1. The van der Waals surface area contributed by atoms with Crippen LogP contribution in [0.25, 0.3) is 0 Å². The van der Waals surface area contributed by atoms with Gasteiger partial charge in [-0.2, -0.15) is 0 Å². The Bertz CT molecular complexity index is 416. The molecule has 1 aromatic rings. The van der Waals surface area contributed by atoms with Crippen LogP contribution in [0.4, 0.5) is 0 Å². The number of carbonyl (C=O) groups is 1. The van der Waals surface area contributed by atoms with E-state index in [0.717, 1.165) is 31.9 Å². The highest BCUT2D eigenvalue weighted by atomic mass is 35.5. The molecular weight excluding hydrogens is 250 g/mol. The largest absolute Gasteiger partial charge is 0.379 e. The summed E-state index contributed by atoms with van der Waals surface area (Å²) in [6.45, 7) is 4.83. The summed E-state index contributed by atoms with van der Waals surface area (Å²) in [7, 11) is 0. The highest BCUT2D eigenvalue weighted by Gasteiger charge is 2.23. The van der Waals surface area contributed by atoms with Crippen molar-refractivity contribution in [1.82, 2.24) is 4.90 Å². The summed E-state index contributed by atoms with van der Waals surface area (Å²) in [5.41, 5.74) is 1.11. The first-order chi connectivity index (χ1) is 8.66. The zero-order valence-corrected chi connectivity index (χ0v) is 11.3. The molecule has 1 aliphatic rings. The smallest absolute Gasteiger partial charge is 0.131 e. The van der Waals surface area contributed by atoms with Crippen LogP contribution in [0.2, 0.25) is 5.02 Å². The van der Waals surface area contributed by atoms with Crippen LogP contribution < -0.4 is 0 Å². The maximum atomic E-state index is 11.5. The van der Waals surface area contributed by atoms with Crippen molar-refractivity contribution < 1.29 is 9.53 Å². The Balaban J connectivity index is 2.20. The summed E-state index contributed by atoms with van der Waals surface area (Å²) >= 11 is 6.04. The van der Waals surface area contributed by atoms with Crippen LogP contribution in [0.5, 0.6) is 0 Å². The lowest BCUT2D eigenvalue weighted by Crippen LogP contribution is -2.39. The van der Waals surface area contributed by atoms with Crippen molar-refractivity contribution in [2.24, 2.45) is 0 Å². The fraction of sp³-hybridized carbons (Fsp3) is 0.500. The van der Waals surface area contributed by atoms with E-state index < -0.39 is 0 Å². The van der Waals surface area contributed by atoms with E-state index >= 15 is 0 Å². The van der Waals surface area contributed by atoms with Crippen molar-refractivity contribution in [2.45, 2.75) is 19.4 Å². The molecule has 0 amide bonds. The number of nitrogens with zero attached hydrogens (tertiary/aromatic N) is 1. The van der Waals surface area contributed by atoms with Gasteiger partial charge >= 0.3 is 0 Å². The Labute approximate surface area is 113 Å². The molecule has 0 aliphatic carbocycles. The van der Waals surface area contributed by atoms with Crippen molar-refractivity contribution in [3.63, 3.8) is 0 Å². The van der Waals surface area contributed by atoms with Gasteiger partial charge in [-0.15, -0.1) is 0 Å². The zero-order chi connectivity index (χ0) is 13.0. The van der Waals surface area contributed by atoms with Crippen LogP contribution >= 0.6 is 11.6 Å². The van der Waals surface area contributed by atoms with Gasteiger partial charge in [-0.05, 0) is 24.6 Å². The van der Waals surface area contributed by atoms with Crippen molar-refractivity contribution in [3.8, 4) is 0 Å². The number of ether oxygens (including phenoxy) is 1. The molecule has 4 heteroatoms. The van der Waals surface area contributed by atoms with E-state index in [1.54, 1.807) is 6.92 Å². The van der Waals surface area contributed by atoms with Crippen molar-refractivity contribution in [3.05, 3.63) is 34.9 Å². The van der Waals surface area contributed by atoms with Crippen molar-refractivity contribution in [2.75, 3.05) is 26.3 Å². The number of Topliss-reactive ketones (excluding diaryl/α,β-unsaturated/α-hetero) is 1. The van der Waals surface area contributed by atoms with Gasteiger partial charge in [-0.25, -0.2) is 0 Å². The SMILES string of the molecule is CC(=O)CC(c1cccc(Cl)c1)N1CCOCC1. The number of benzene rings is 1. The highest BCUT2D eigenvalue weighted by molar-refractivity contribution is 6.30. The van der Waals surface area contributed by atoms with E-state index in [4.69, 9.17) is 16.3 Å². The van der Waals surface area contributed by atoms with Gasteiger partial charge in [-0.1, -0.05) is 23.7 Å². The molecule has 0 bridgehead atoms. The minimum absolute atomic E-state index is 0.116. The van der Waals surface area contributed by atoms with Crippen LogP contribution in [0, 0.1) is 0 Å². The number of ketones is 1. The van der Waals surface area contributed by atoms with Crippen LogP contribution in [0.3, 0.4) is 0 Å². The van der Waals surface area contributed by atoms with Gasteiger partial charge in [0.15, 0.2) is 0 Å². The molecule has 1 aliphatic heterocycles. The molecule has 1 atom stereocenters. The number of carbonyl (C=O) groups excluding carboxylic acids is 1. The summed E-state index contributed by atoms with van der Waals surface area (Å²) in [6.07, 6.45) is 0.528. The molecule has 1 fully saturated rings. The van der Waals surface area contributed by atoms with Gasteiger partial charge < -0.3 is 4.74 Å². The van der Waals surface area contributed by atoms with Gasteiger partial charge in [0, 0.05) is 30.6 Å². The Hall–Kier alpha value is -0.900.